The lowest BCUT2D eigenvalue weighted by Crippen LogP contribution is -1.76. The van der Waals surface area contributed by atoms with Crippen LogP contribution in [0.25, 0.3) is 12.2 Å². The topological polar surface area (TPSA) is 33.1 Å². The van der Waals surface area contributed by atoms with Crippen LogP contribution in [0.15, 0.2) is 48.7 Å². The summed E-state index contributed by atoms with van der Waals surface area (Å²) in [6, 6.07) is 12.8. The second-order valence-corrected chi connectivity index (χ2v) is 3.18. The van der Waals surface area contributed by atoms with Gasteiger partial charge in [0.2, 0.25) is 0 Å². The van der Waals surface area contributed by atoms with Crippen LogP contribution in [0.2, 0.25) is 0 Å². The zero-order valence-electron chi connectivity index (χ0n) is 8.17. The highest BCUT2D eigenvalue weighted by atomic mass is 16.3. The maximum absolute atomic E-state index is 9.11. The molecule has 0 aliphatic rings. The molecule has 2 aromatic rings. The molecule has 1 heterocycles. The Balaban J connectivity index is 2.15. The molecule has 1 aromatic carbocycles. The fraction of sp³-hybridized carbons (Fsp3) is 0. The molecule has 0 radical (unpaired) electrons. The van der Waals surface area contributed by atoms with Gasteiger partial charge in [0, 0.05) is 6.20 Å². The van der Waals surface area contributed by atoms with Crippen molar-refractivity contribution in [3.8, 4) is 5.75 Å². The van der Waals surface area contributed by atoms with Crippen molar-refractivity contribution in [2.75, 3.05) is 0 Å². The molecular formula is C13H11NO. The molecule has 0 amide bonds. The number of hydrogen-bond donors (Lipinski definition) is 1. The minimum atomic E-state index is 0.282. The number of phenolic OH excluding ortho intramolecular Hbond substituents is 1. The van der Waals surface area contributed by atoms with Gasteiger partial charge in [-0.05, 0) is 35.9 Å². The lowest BCUT2D eigenvalue weighted by Gasteiger charge is -1.94. The third kappa shape index (κ3) is 2.68. The van der Waals surface area contributed by atoms with Crippen molar-refractivity contribution < 1.29 is 5.11 Å². The van der Waals surface area contributed by atoms with Gasteiger partial charge in [-0.15, -0.1) is 0 Å². The number of phenols is 1. The molecule has 74 valence electrons. The Labute approximate surface area is 88.5 Å². The third-order valence-corrected chi connectivity index (χ3v) is 2.03. The molecule has 0 atom stereocenters. The van der Waals surface area contributed by atoms with Gasteiger partial charge in [0.05, 0.1) is 5.69 Å². The fourth-order valence-electron chi connectivity index (χ4n) is 1.24. The second kappa shape index (κ2) is 4.42. The molecule has 0 spiro atoms. The lowest BCUT2D eigenvalue weighted by atomic mass is 10.2. The van der Waals surface area contributed by atoms with E-state index in [1.54, 1.807) is 18.3 Å². The van der Waals surface area contributed by atoms with Crippen LogP contribution in [0.5, 0.6) is 5.75 Å². The summed E-state index contributed by atoms with van der Waals surface area (Å²) in [6.07, 6.45) is 5.66. The Bertz CT molecular complexity index is 446. The number of aromatic hydroxyl groups is 1. The van der Waals surface area contributed by atoms with Gasteiger partial charge in [-0.2, -0.15) is 0 Å². The summed E-state index contributed by atoms with van der Waals surface area (Å²) in [6.45, 7) is 0. The van der Waals surface area contributed by atoms with E-state index in [4.69, 9.17) is 5.11 Å². The summed E-state index contributed by atoms with van der Waals surface area (Å²) in [5.41, 5.74) is 1.96. The van der Waals surface area contributed by atoms with Crippen molar-refractivity contribution >= 4 is 12.2 Å². The van der Waals surface area contributed by atoms with E-state index >= 15 is 0 Å². The highest BCUT2D eigenvalue weighted by Crippen LogP contribution is 2.11. The Hall–Kier alpha value is -2.09. The van der Waals surface area contributed by atoms with Crippen molar-refractivity contribution in [1.82, 2.24) is 4.98 Å². The maximum Gasteiger partial charge on any atom is 0.115 e. The average Bonchev–Trinajstić information content (AvgIpc) is 2.30. The molecule has 2 heteroatoms. The monoisotopic (exact) mass is 197 g/mol. The minimum absolute atomic E-state index is 0.282. The minimum Gasteiger partial charge on any atom is -0.508 e. The van der Waals surface area contributed by atoms with Gasteiger partial charge < -0.3 is 5.11 Å². The molecule has 0 saturated heterocycles. The van der Waals surface area contributed by atoms with Crippen molar-refractivity contribution in [2.45, 2.75) is 0 Å². The Morgan fingerprint density at radius 1 is 0.933 bits per heavy atom. The van der Waals surface area contributed by atoms with Gasteiger partial charge in [0.1, 0.15) is 5.75 Å². The van der Waals surface area contributed by atoms with E-state index in [2.05, 4.69) is 4.98 Å². The molecule has 0 unspecified atom stereocenters. The first-order valence-corrected chi connectivity index (χ1v) is 4.73. The van der Waals surface area contributed by atoms with Gasteiger partial charge in [0.25, 0.3) is 0 Å². The highest BCUT2D eigenvalue weighted by molar-refractivity contribution is 5.68. The molecular weight excluding hydrogens is 186 g/mol. The van der Waals surface area contributed by atoms with Gasteiger partial charge in [-0.3, -0.25) is 4.98 Å². The summed E-state index contributed by atoms with van der Waals surface area (Å²) in [5, 5.41) is 9.11. The molecule has 2 nitrogen and oxygen atoms in total. The van der Waals surface area contributed by atoms with E-state index in [9.17, 15) is 0 Å². The third-order valence-electron chi connectivity index (χ3n) is 2.03. The van der Waals surface area contributed by atoms with Crippen LogP contribution in [0.3, 0.4) is 0 Å². The standard InChI is InChI=1S/C13H11NO/c15-13-8-5-11(6-9-13)4-7-12-3-1-2-10-14-12/h1-10,15H/b7-4+. The zero-order valence-corrected chi connectivity index (χ0v) is 8.17. The van der Waals surface area contributed by atoms with Crippen LogP contribution in [0.4, 0.5) is 0 Å². The quantitative estimate of drug-likeness (QED) is 0.802. The Morgan fingerprint density at radius 3 is 2.40 bits per heavy atom. The molecule has 15 heavy (non-hydrogen) atoms. The van der Waals surface area contributed by atoms with Crippen LogP contribution in [0.1, 0.15) is 11.3 Å². The van der Waals surface area contributed by atoms with E-state index in [1.165, 1.54) is 0 Å². The first kappa shape index (κ1) is 9.46. The van der Waals surface area contributed by atoms with Crippen molar-refractivity contribution in [3.63, 3.8) is 0 Å². The predicted octanol–water partition coefficient (Wildman–Crippen LogP) is 2.96. The van der Waals surface area contributed by atoms with Gasteiger partial charge in [-0.25, -0.2) is 0 Å². The molecule has 1 aromatic heterocycles. The summed E-state index contributed by atoms with van der Waals surface area (Å²) >= 11 is 0. The summed E-state index contributed by atoms with van der Waals surface area (Å²) in [5.74, 6) is 0.282. The van der Waals surface area contributed by atoms with Gasteiger partial charge >= 0.3 is 0 Å². The number of hydrogen-bond acceptors (Lipinski definition) is 2. The predicted molar refractivity (Wildman–Crippen MR) is 61.3 cm³/mol. The van der Waals surface area contributed by atoms with Crippen LogP contribution in [-0.2, 0) is 0 Å². The first-order chi connectivity index (χ1) is 7.34. The lowest BCUT2D eigenvalue weighted by molar-refractivity contribution is 0.475. The van der Waals surface area contributed by atoms with Crippen molar-refractivity contribution in [2.24, 2.45) is 0 Å². The number of benzene rings is 1. The van der Waals surface area contributed by atoms with E-state index < -0.39 is 0 Å². The molecule has 2 rings (SSSR count). The van der Waals surface area contributed by atoms with Crippen LogP contribution in [0, 0.1) is 0 Å². The largest absolute Gasteiger partial charge is 0.508 e. The fourth-order valence-corrected chi connectivity index (χ4v) is 1.24. The summed E-state index contributed by atoms with van der Waals surface area (Å²) < 4.78 is 0. The van der Waals surface area contributed by atoms with Crippen molar-refractivity contribution in [3.05, 3.63) is 59.9 Å². The van der Waals surface area contributed by atoms with Gasteiger partial charge in [0.15, 0.2) is 0 Å². The molecule has 0 aliphatic heterocycles. The molecule has 0 bridgehead atoms. The number of pyridine rings is 1. The van der Waals surface area contributed by atoms with Crippen LogP contribution in [-0.4, -0.2) is 10.1 Å². The number of nitrogens with zero attached hydrogens (tertiary/aromatic N) is 1. The highest BCUT2D eigenvalue weighted by Gasteiger charge is 1.88. The summed E-state index contributed by atoms with van der Waals surface area (Å²) in [7, 11) is 0. The zero-order chi connectivity index (χ0) is 10.5. The van der Waals surface area contributed by atoms with E-state index in [1.807, 2.05) is 42.5 Å². The van der Waals surface area contributed by atoms with Crippen LogP contribution < -0.4 is 0 Å². The van der Waals surface area contributed by atoms with E-state index in [-0.39, 0.29) is 5.75 Å². The molecule has 0 saturated carbocycles. The second-order valence-electron chi connectivity index (χ2n) is 3.18. The van der Waals surface area contributed by atoms with E-state index in [0.29, 0.717) is 0 Å². The van der Waals surface area contributed by atoms with Crippen molar-refractivity contribution in [1.29, 1.82) is 0 Å². The maximum atomic E-state index is 9.11. The molecule has 0 aliphatic carbocycles. The Kier molecular flexibility index (Phi) is 2.79. The SMILES string of the molecule is Oc1ccc(/C=C/c2ccccn2)cc1. The normalized spacial score (nSPS) is 10.7. The molecule has 0 fully saturated rings. The van der Waals surface area contributed by atoms with Gasteiger partial charge in [-0.1, -0.05) is 24.3 Å². The average molecular weight is 197 g/mol. The van der Waals surface area contributed by atoms with E-state index in [0.717, 1.165) is 11.3 Å². The smallest absolute Gasteiger partial charge is 0.115 e. The number of aromatic nitrogens is 1. The van der Waals surface area contributed by atoms with Crippen LogP contribution >= 0.6 is 0 Å². The first-order valence-electron chi connectivity index (χ1n) is 4.73. The summed E-state index contributed by atoms with van der Waals surface area (Å²) in [4.78, 5) is 4.18. The number of rotatable bonds is 2. The molecule has 1 N–H and O–H groups in total. The Morgan fingerprint density at radius 2 is 1.73 bits per heavy atom.